The van der Waals surface area contributed by atoms with E-state index in [0.29, 0.717) is 16.8 Å². The molecule has 2 aromatic carbocycles. The largest absolute Gasteiger partial charge is 0.279 e. The Kier molecular flexibility index (Phi) is 4.76. The van der Waals surface area contributed by atoms with E-state index in [9.17, 15) is 18.5 Å². The van der Waals surface area contributed by atoms with Gasteiger partial charge in [0.2, 0.25) is 0 Å². The van der Waals surface area contributed by atoms with Gasteiger partial charge in [-0.05, 0) is 55.7 Å². The quantitative estimate of drug-likeness (QED) is 0.620. The van der Waals surface area contributed by atoms with Crippen molar-refractivity contribution in [3.63, 3.8) is 0 Å². The number of non-ortho nitro benzene ring substituents is 1. The summed E-state index contributed by atoms with van der Waals surface area (Å²) < 4.78 is 28.6. The Balaban J connectivity index is 2.53. The molecular weight excluding hydrogens is 384 g/mol. The summed E-state index contributed by atoms with van der Waals surface area (Å²) in [6.07, 6.45) is 0. The van der Waals surface area contributed by atoms with Gasteiger partial charge in [-0.2, -0.15) is 0 Å². The molecule has 0 unspecified atom stereocenters. The van der Waals surface area contributed by atoms with Gasteiger partial charge in [-0.1, -0.05) is 15.9 Å². The lowest BCUT2D eigenvalue weighted by Gasteiger charge is -2.13. The molecule has 0 atom stereocenters. The maximum absolute atomic E-state index is 12.6. The molecule has 0 saturated heterocycles. The Morgan fingerprint density at radius 3 is 2.30 bits per heavy atom. The standard InChI is InChI=1S/C15H15BrN2O4S/c1-9-7-13(18(19)20)8-15(11(9)3)23(21,22)17-14-5-4-12(16)6-10(14)2/h4-8,17H,1-3H3. The average Bonchev–Trinajstić information content (AvgIpc) is 2.44. The third kappa shape index (κ3) is 3.70. The van der Waals surface area contributed by atoms with E-state index < -0.39 is 14.9 Å². The third-order valence-electron chi connectivity index (χ3n) is 3.54. The molecule has 2 aromatic rings. The van der Waals surface area contributed by atoms with E-state index in [0.717, 1.165) is 16.1 Å². The van der Waals surface area contributed by atoms with Crippen LogP contribution in [0.15, 0.2) is 39.7 Å². The molecule has 0 heterocycles. The van der Waals surface area contributed by atoms with Gasteiger partial charge in [0.1, 0.15) is 0 Å². The molecule has 8 heteroatoms. The normalized spacial score (nSPS) is 11.3. The summed E-state index contributed by atoms with van der Waals surface area (Å²) in [7, 11) is -3.93. The SMILES string of the molecule is Cc1cc(Br)ccc1NS(=O)(=O)c1cc([N+](=O)[O-])cc(C)c1C. The van der Waals surface area contributed by atoms with E-state index in [1.54, 1.807) is 39.0 Å². The minimum Gasteiger partial charge on any atom is -0.279 e. The van der Waals surface area contributed by atoms with E-state index in [-0.39, 0.29) is 10.6 Å². The second-order valence-electron chi connectivity index (χ2n) is 5.21. The zero-order chi connectivity index (χ0) is 17.4. The van der Waals surface area contributed by atoms with E-state index in [1.165, 1.54) is 6.07 Å². The van der Waals surface area contributed by atoms with Crippen LogP contribution in [0.25, 0.3) is 0 Å². The minimum absolute atomic E-state index is 0.0912. The van der Waals surface area contributed by atoms with Gasteiger partial charge in [0, 0.05) is 16.6 Å². The van der Waals surface area contributed by atoms with Gasteiger partial charge < -0.3 is 0 Å². The van der Waals surface area contributed by atoms with Crippen LogP contribution in [0.4, 0.5) is 11.4 Å². The molecular formula is C15H15BrN2O4S. The van der Waals surface area contributed by atoms with Crippen LogP contribution in [0.1, 0.15) is 16.7 Å². The molecule has 0 aliphatic heterocycles. The summed E-state index contributed by atoms with van der Waals surface area (Å²) in [6, 6.07) is 7.58. The minimum atomic E-state index is -3.93. The van der Waals surface area contributed by atoms with Crippen LogP contribution in [0.2, 0.25) is 0 Å². The van der Waals surface area contributed by atoms with Gasteiger partial charge >= 0.3 is 0 Å². The van der Waals surface area contributed by atoms with Crippen LogP contribution >= 0.6 is 15.9 Å². The number of rotatable bonds is 4. The molecule has 6 nitrogen and oxygen atoms in total. The van der Waals surface area contributed by atoms with E-state index in [1.807, 2.05) is 0 Å². The fourth-order valence-electron chi connectivity index (χ4n) is 2.13. The third-order valence-corrected chi connectivity index (χ3v) is 5.52. The molecule has 1 N–H and O–H groups in total. The summed E-state index contributed by atoms with van der Waals surface area (Å²) in [6.45, 7) is 5.04. The number of hydrogen-bond donors (Lipinski definition) is 1. The first-order chi connectivity index (χ1) is 10.6. The molecule has 2 rings (SSSR count). The maximum atomic E-state index is 12.6. The lowest BCUT2D eigenvalue weighted by atomic mass is 10.1. The topological polar surface area (TPSA) is 89.3 Å². The highest BCUT2D eigenvalue weighted by molar-refractivity contribution is 9.10. The van der Waals surface area contributed by atoms with Crippen LogP contribution in [0, 0.1) is 30.9 Å². The van der Waals surface area contributed by atoms with Gasteiger partial charge in [-0.3, -0.25) is 14.8 Å². The van der Waals surface area contributed by atoms with Gasteiger partial charge in [0.25, 0.3) is 15.7 Å². The Morgan fingerprint density at radius 2 is 1.74 bits per heavy atom. The molecule has 0 spiro atoms. The molecule has 0 aromatic heterocycles. The highest BCUT2D eigenvalue weighted by Gasteiger charge is 2.23. The Labute approximate surface area is 142 Å². The van der Waals surface area contributed by atoms with Crippen LogP contribution in [0.5, 0.6) is 0 Å². The zero-order valence-electron chi connectivity index (χ0n) is 12.8. The fourth-order valence-corrected chi connectivity index (χ4v) is 4.08. The maximum Gasteiger partial charge on any atom is 0.271 e. The summed E-state index contributed by atoms with van der Waals surface area (Å²) in [5, 5.41) is 11.0. The second kappa shape index (κ2) is 6.29. The first-order valence-corrected chi connectivity index (χ1v) is 8.94. The van der Waals surface area contributed by atoms with Gasteiger partial charge in [0.05, 0.1) is 15.5 Å². The zero-order valence-corrected chi connectivity index (χ0v) is 15.2. The van der Waals surface area contributed by atoms with Crippen molar-refractivity contribution in [3.8, 4) is 0 Å². The van der Waals surface area contributed by atoms with E-state index in [4.69, 9.17) is 0 Å². The number of anilines is 1. The smallest absolute Gasteiger partial charge is 0.271 e. The molecule has 0 saturated carbocycles. The van der Waals surface area contributed by atoms with Crippen molar-refractivity contribution in [2.75, 3.05) is 4.72 Å². The van der Waals surface area contributed by atoms with Crippen LogP contribution in [-0.4, -0.2) is 13.3 Å². The van der Waals surface area contributed by atoms with Gasteiger partial charge in [-0.25, -0.2) is 8.42 Å². The summed E-state index contributed by atoms with van der Waals surface area (Å²) >= 11 is 3.32. The number of nitro benzene ring substituents is 1. The van der Waals surface area contributed by atoms with Crippen LogP contribution in [0.3, 0.4) is 0 Å². The number of sulfonamides is 1. The molecule has 0 aliphatic rings. The Morgan fingerprint density at radius 1 is 1.09 bits per heavy atom. The second-order valence-corrected chi connectivity index (χ2v) is 7.77. The van der Waals surface area contributed by atoms with Crippen molar-refractivity contribution in [3.05, 3.63) is 61.6 Å². The molecule has 23 heavy (non-hydrogen) atoms. The summed E-state index contributed by atoms with van der Waals surface area (Å²) in [4.78, 5) is 10.3. The Hall–Kier alpha value is -1.93. The number of halogens is 1. The predicted molar refractivity (Wildman–Crippen MR) is 92.3 cm³/mol. The highest BCUT2D eigenvalue weighted by Crippen LogP contribution is 2.28. The molecule has 0 bridgehead atoms. The van der Waals surface area contributed by atoms with Crippen LogP contribution in [-0.2, 0) is 10.0 Å². The Bertz CT molecular complexity index is 895. The number of aryl methyl sites for hydroxylation is 2. The fraction of sp³-hybridized carbons (Fsp3) is 0.200. The molecule has 0 radical (unpaired) electrons. The lowest BCUT2D eigenvalue weighted by Crippen LogP contribution is -2.16. The number of nitro groups is 1. The summed E-state index contributed by atoms with van der Waals surface area (Å²) in [5.74, 6) is 0. The van der Waals surface area contributed by atoms with Crippen molar-refractivity contribution in [1.82, 2.24) is 0 Å². The van der Waals surface area contributed by atoms with E-state index in [2.05, 4.69) is 20.7 Å². The average molecular weight is 399 g/mol. The predicted octanol–water partition coefficient (Wildman–Crippen LogP) is 4.08. The van der Waals surface area contributed by atoms with Crippen molar-refractivity contribution < 1.29 is 13.3 Å². The van der Waals surface area contributed by atoms with Gasteiger partial charge in [-0.15, -0.1) is 0 Å². The number of nitrogens with one attached hydrogen (secondary N) is 1. The van der Waals surface area contributed by atoms with Crippen molar-refractivity contribution in [1.29, 1.82) is 0 Å². The van der Waals surface area contributed by atoms with Crippen LogP contribution < -0.4 is 4.72 Å². The van der Waals surface area contributed by atoms with Gasteiger partial charge in [0.15, 0.2) is 0 Å². The number of hydrogen-bond acceptors (Lipinski definition) is 4. The molecule has 0 amide bonds. The molecule has 122 valence electrons. The van der Waals surface area contributed by atoms with Crippen molar-refractivity contribution in [2.24, 2.45) is 0 Å². The monoisotopic (exact) mass is 398 g/mol. The number of nitrogens with zero attached hydrogens (tertiary/aromatic N) is 1. The van der Waals surface area contributed by atoms with Crippen molar-refractivity contribution in [2.45, 2.75) is 25.7 Å². The lowest BCUT2D eigenvalue weighted by molar-refractivity contribution is -0.385. The summed E-state index contributed by atoms with van der Waals surface area (Å²) in [5.41, 5.74) is 1.95. The first-order valence-electron chi connectivity index (χ1n) is 6.66. The van der Waals surface area contributed by atoms with E-state index >= 15 is 0 Å². The number of benzene rings is 2. The first kappa shape index (κ1) is 17.4. The highest BCUT2D eigenvalue weighted by atomic mass is 79.9. The molecule has 0 fully saturated rings. The van der Waals surface area contributed by atoms with Crippen molar-refractivity contribution >= 4 is 37.3 Å². The molecule has 0 aliphatic carbocycles.